The van der Waals surface area contributed by atoms with E-state index in [0.717, 1.165) is 69.2 Å². The van der Waals surface area contributed by atoms with Crippen LogP contribution in [-0.4, -0.2) is 85.9 Å². The van der Waals surface area contributed by atoms with Gasteiger partial charge in [-0.25, -0.2) is 4.79 Å². The van der Waals surface area contributed by atoms with Crippen LogP contribution in [-0.2, 0) is 4.79 Å². The van der Waals surface area contributed by atoms with Crippen LogP contribution in [0.5, 0.6) is 5.75 Å². The molecular weight excluding hydrogens is 614 g/mol. The molecule has 5 heterocycles. The highest BCUT2D eigenvalue weighted by molar-refractivity contribution is 6.06. The van der Waals surface area contributed by atoms with E-state index >= 15 is 0 Å². The molecule has 4 aromatic rings. The predicted octanol–water partition coefficient (Wildman–Crippen LogP) is 6.53. The Hall–Kier alpha value is -4.18. The third-order valence-electron chi connectivity index (χ3n) is 11.6. The maximum atomic E-state index is 14.4. The Morgan fingerprint density at radius 2 is 1.78 bits per heavy atom. The van der Waals surface area contributed by atoms with Crippen molar-refractivity contribution >= 4 is 33.5 Å². The van der Waals surface area contributed by atoms with Crippen molar-refractivity contribution in [2.75, 3.05) is 31.1 Å². The lowest BCUT2D eigenvalue weighted by molar-refractivity contribution is -0.128. The van der Waals surface area contributed by atoms with Crippen LogP contribution in [0.15, 0.2) is 41.8 Å². The highest BCUT2D eigenvalue weighted by Crippen LogP contribution is 2.47. The fraction of sp³-hybridized carbons (Fsp3) is 0.538. The van der Waals surface area contributed by atoms with E-state index in [-0.39, 0.29) is 29.7 Å². The Morgan fingerprint density at radius 1 is 1.02 bits per heavy atom. The van der Waals surface area contributed by atoms with Crippen LogP contribution in [0.3, 0.4) is 0 Å². The minimum Gasteiger partial charge on any atom is -0.489 e. The number of carbonyl (C=O) groups is 1. The summed E-state index contributed by atoms with van der Waals surface area (Å²) in [5, 5.41) is 9.43. The summed E-state index contributed by atoms with van der Waals surface area (Å²) in [6, 6.07) is 7.43. The van der Waals surface area contributed by atoms with Gasteiger partial charge in [0.25, 0.3) is 0 Å². The van der Waals surface area contributed by atoms with Gasteiger partial charge in [-0.3, -0.25) is 19.4 Å². The van der Waals surface area contributed by atoms with Crippen molar-refractivity contribution in [3.63, 3.8) is 0 Å². The van der Waals surface area contributed by atoms with Crippen LogP contribution in [0.2, 0.25) is 0 Å². The normalized spacial score (nSPS) is 24.2. The summed E-state index contributed by atoms with van der Waals surface area (Å²) >= 11 is 0. The number of rotatable bonds is 9. The third kappa shape index (κ3) is 5.62. The molecule has 7 rings (SSSR count). The number of anilines is 1. The lowest BCUT2D eigenvalue weighted by Crippen LogP contribution is -2.58. The highest BCUT2D eigenvalue weighted by atomic mass is 16.5. The molecule has 2 aromatic carbocycles. The molecular formula is C39H51N7O3. The van der Waals surface area contributed by atoms with Crippen LogP contribution >= 0.6 is 0 Å². The molecule has 1 amide bonds. The second-order valence-corrected chi connectivity index (χ2v) is 14.6. The van der Waals surface area contributed by atoms with Gasteiger partial charge >= 0.3 is 5.69 Å². The fourth-order valence-electron chi connectivity index (χ4n) is 9.03. The van der Waals surface area contributed by atoms with Gasteiger partial charge in [0, 0.05) is 53.6 Å². The Balaban J connectivity index is 1.35. The summed E-state index contributed by atoms with van der Waals surface area (Å²) in [5.74, 6) is 1.32. The van der Waals surface area contributed by atoms with Crippen molar-refractivity contribution in [2.45, 2.75) is 110 Å². The zero-order valence-corrected chi connectivity index (χ0v) is 30.0. The largest absolute Gasteiger partial charge is 0.489 e. The van der Waals surface area contributed by atoms with Gasteiger partial charge in [-0.05, 0) is 108 Å². The van der Waals surface area contributed by atoms with Crippen LogP contribution in [0.1, 0.15) is 83.4 Å². The second kappa shape index (κ2) is 13.3. The highest BCUT2D eigenvalue weighted by Gasteiger charge is 2.37. The standard InChI is InChI=1S/C39H51N7O3/c1-8-27-14-15-28(9-2)43(27)17-11-12-29-22-49-37-35(34-23(4)13-16-32-31(34)19-40-42-32)24(5)18-30-36(37)46(29)39(48)41-38(30)45-21-25(6)44(20-26(45)7)33(47)10-3/h10,13,16,18-19,25-29H,3,8-9,11-12,14-15,17,20-22H2,1-2,4-7H3,(H,40,42)/t25-,26?,27?,28?,29?/m1/s1. The number of benzene rings is 2. The zero-order chi connectivity index (χ0) is 34.6. The Kier molecular flexibility index (Phi) is 9.02. The number of hydrogen-bond donors (Lipinski definition) is 1. The number of ether oxygens (including phenoxy) is 1. The summed E-state index contributed by atoms with van der Waals surface area (Å²) in [6.45, 7) is 19.2. The first-order valence-corrected chi connectivity index (χ1v) is 18.3. The van der Waals surface area contributed by atoms with E-state index in [0.29, 0.717) is 37.6 Å². The molecule has 4 unspecified atom stereocenters. The van der Waals surface area contributed by atoms with Gasteiger partial charge in [-0.15, -0.1) is 0 Å². The first-order chi connectivity index (χ1) is 23.7. The second-order valence-electron chi connectivity index (χ2n) is 14.6. The number of carbonyl (C=O) groups excluding carboxylic acids is 1. The van der Waals surface area contributed by atoms with Gasteiger partial charge in [0.15, 0.2) is 5.75 Å². The molecule has 0 saturated carbocycles. The summed E-state index contributed by atoms with van der Waals surface area (Å²) in [4.78, 5) is 38.7. The van der Waals surface area contributed by atoms with E-state index in [1.165, 1.54) is 31.8 Å². The number of nitrogens with one attached hydrogen (secondary N) is 1. The summed E-state index contributed by atoms with van der Waals surface area (Å²) in [5.41, 5.74) is 5.77. The monoisotopic (exact) mass is 665 g/mol. The number of hydrogen-bond acceptors (Lipinski definition) is 7. The number of fused-ring (bicyclic) bond motifs is 1. The Labute approximate surface area is 289 Å². The van der Waals surface area contributed by atoms with Crippen molar-refractivity contribution in [2.24, 2.45) is 0 Å². The Bertz CT molecular complexity index is 1950. The van der Waals surface area contributed by atoms with Crippen molar-refractivity contribution in [1.29, 1.82) is 0 Å². The molecule has 0 aliphatic carbocycles. The first-order valence-electron chi connectivity index (χ1n) is 18.3. The molecule has 5 atom stereocenters. The Morgan fingerprint density at radius 3 is 2.49 bits per heavy atom. The van der Waals surface area contributed by atoms with Crippen molar-refractivity contribution < 1.29 is 9.53 Å². The molecule has 1 N–H and O–H groups in total. The fourth-order valence-corrected chi connectivity index (χ4v) is 9.03. The number of piperazine rings is 1. The smallest absolute Gasteiger partial charge is 0.350 e. The van der Waals surface area contributed by atoms with E-state index < -0.39 is 0 Å². The maximum Gasteiger partial charge on any atom is 0.350 e. The lowest BCUT2D eigenvalue weighted by Gasteiger charge is -2.45. The van der Waals surface area contributed by atoms with Crippen LogP contribution < -0.4 is 15.3 Å². The first kappa shape index (κ1) is 33.3. The number of aromatic amines is 1. The van der Waals surface area contributed by atoms with Gasteiger partial charge < -0.3 is 14.5 Å². The van der Waals surface area contributed by atoms with Gasteiger partial charge in [0.2, 0.25) is 5.91 Å². The molecule has 3 aliphatic rings. The number of likely N-dealkylation sites (tertiary alicyclic amines) is 1. The topological polar surface area (TPSA) is 99.6 Å². The van der Waals surface area contributed by atoms with Crippen LogP contribution in [0, 0.1) is 13.8 Å². The molecule has 0 spiro atoms. The van der Waals surface area contributed by atoms with E-state index in [1.54, 1.807) is 0 Å². The average molecular weight is 666 g/mol. The quantitative estimate of drug-likeness (QED) is 0.203. The minimum atomic E-state index is -0.242. The molecule has 2 aromatic heterocycles. The molecule has 0 bridgehead atoms. The number of aromatic nitrogens is 4. The van der Waals surface area contributed by atoms with Crippen molar-refractivity contribution in [1.82, 2.24) is 29.5 Å². The third-order valence-corrected chi connectivity index (χ3v) is 11.6. The molecule has 49 heavy (non-hydrogen) atoms. The van der Waals surface area contributed by atoms with E-state index in [2.05, 4.69) is 79.4 Å². The number of aryl methyl sites for hydroxylation is 2. The van der Waals surface area contributed by atoms with Crippen molar-refractivity contribution in [3.05, 3.63) is 58.7 Å². The number of H-pyrrole nitrogens is 1. The summed E-state index contributed by atoms with van der Waals surface area (Å²) < 4.78 is 8.80. The lowest BCUT2D eigenvalue weighted by atomic mass is 9.90. The molecule has 2 fully saturated rings. The van der Waals surface area contributed by atoms with Crippen molar-refractivity contribution in [3.8, 4) is 16.9 Å². The maximum absolute atomic E-state index is 14.4. The van der Waals surface area contributed by atoms with Crippen LogP contribution in [0.4, 0.5) is 5.82 Å². The molecule has 260 valence electrons. The molecule has 0 radical (unpaired) electrons. The number of nitrogens with zero attached hydrogens (tertiary/aromatic N) is 6. The molecule has 3 aliphatic heterocycles. The molecule has 10 heteroatoms. The summed E-state index contributed by atoms with van der Waals surface area (Å²) in [6.07, 6.45) is 10.0. The molecule has 10 nitrogen and oxygen atoms in total. The predicted molar refractivity (Wildman–Crippen MR) is 197 cm³/mol. The van der Waals surface area contributed by atoms with E-state index in [4.69, 9.17) is 9.72 Å². The number of amides is 1. The molecule has 2 saturated heterocycles. The van der Waals surface area contributed by atoms with Gasteiger partial charge in [-0.1, -0.05) is 26.5 Å². The van der Waals surface area contributed by atoms with E-state index in [1.807, 2.05) is 22.6 Å². The van der Waals surface area contributed by atoms with Gasteiger partial charge in [0.05, 0.1) is 23.3 Å². The average Bonchev–Trinajstić information content (AvgIpc) is 3.74. The summed E-state index contributed by atoms with van der Waals surface area (Å²) in [7, 11) is 0. The SMILES string of the molecule is C=CC(=O)N1CC(C)N(c2nc(=O)n3c4c(c(-c5c(C)ccc6[nH]ncc56)c(C)cc24)OCC3CCCN2C(CC)CCC2CC)C[C@H]1C. The zero-order valence-electron chi connectivity index (χ0n) is 30.0. The van der Waals surface area contributed by atoms with Gasteiger partial charge in [-0.2, -0.15) is 10.1 Å². The van der Waals surface area contributed by atoms with E-state index in [9.17, 15) is 9.59 Å². The van der Waals surface area contributed by atoms with Gasteiger partial charge in [0.1, 0.15) is 12.4 Å². The minimum absolute atomic E-state index is 0.0467. The van der Waals surface area contributed by atoms with Crippen LogP contribution in [0.25, 0.3) is 32.9 Å².